The molecule has 2 aromatic rings. The molecule has 4 heteroatoms. The smallest absolute Gasteiger partial charge is 0.497 e. The van der Waals surface area contributed by atoms with E-state index in [-0.39, 0.29) is 17.2 Å². The maximum absolute atomic E-state index is 13.2. The number of ether oxygens (including phenoxy) is 1. The first kappa shape index (κ1) is 18.9. The molecule has 5 fully saturated rings. The Morgan fingerprint density at radius 3 is 2.33 bits per heavy atom. The summed E-state index contributed by atoms with van der Waals surface area (Å²) in [5, 5.41) is 1.03. The lowest BCUT2D eigenvalue weighted by Crippen LogP contribution is -2.55. The second-order valence-electron chi connectivity index (χ2n) is 11.0. The Hall–Kier alpha value is -1.84. The highest BCUT2D eigenvalue weighted by Crippen LogP contribution is 2.61. The van der Waals surface area contributed by atoms with Crippen molar-refractivity contribution in [3.05, 3.63) is 34.4 Å². The van der Waals surface area contributed by atoms with E-state index in [2.05, 4.69) is 25.3 Å². The van der Waals surface area contributed by atoms with Crippen LogP contribution in [-0.2, 0) is 5.41 Å². The highest BCUT2D eigenvalue weighted by atomic mass is 16.5. The molecule has 4 nitrogen and oxygen atoms in total. The predicted octanol–water partition coefficient (Wildman–Crippen LogP) is 5.31. The number of nitrogens with zero attached hydrogens (tertiary/aromatic N) is 1. The second-order valence-corrected chi connectivity index (χ2v) is 11.0. The van der Waals surface area contributed by atoms with Gasteiger partial charge in [-0.05, 0) is 86.7 Å². The van der Waals surface area contributed by atoms with Crippen molar-refractivity contribution in [3.63, 3.8) is 0 Å². The third-order valence-electron chi connectivity index (χ3n) is 9.04. The fourth-order valence-corrected chi connectivity index (χ4v) is 8.07. The minimum absolute atomic E-state index is 0.168. The number of aromatic nitrogens is 1. The average molecular weight is 409 g/mol. The van der Waals surface area contributed by atoms with Gasteiger partial charge in [-0.1, -0.05) is 13.3 Å². The van der Waals surface area contributed by atoms with E-state index in [4.69, 9.17) is 9.15 Å². The molecule has 0 saturated heterocycles. The minimum Gasteiger partial charge on any atom is -0.497 e. The van der Waals surface area contributed by atoms with Gasteiger partial charge >= 0.3 is 5.76 Å². The zero-order chi connectivity index (χ0) is 20.5. The molecule has 0 aliphatic heterocycles. The third-order valence-corrected chi connectivity index (χ3v) is 9.04. The fraction of sp³-hybridized carbons (Fsp3) is 0.692. The molecule has 7 rings (SSSR count). The highest BCUT2D eigenvalue weighted by molar-refractivity contribution is 5.81. The Bertz CT molecular complexity index is 1000. The summed E-state index contributed by atoms with van der Waals surface area (Å²) in [6, 6.07) is 4.49. The van der Waals surface area contributed by atoms with Crippen LogP contribution in [0.5, 0.6) is 5.75 Å². The molecule has 30 heavy (non-hydrogen) atoms. The van der Waals surface area contributed by atoms with Crippen molar-refractivity contribution in [2.24, 2.45) is 23.7 Å². The van der Waals surface area contributed by atoms with Crippen molar-refractivity contribution in [1.82, 2.24) is 0 Å². The highest BCUT2D eigenvalue weighted by Gasteiger charge is 2.52. The monoisotopic (exact) mass is 408 g/mol. The van der Waals surface area contributed by atoms with Crippen LogP contribution in [0.15, 0.2) is 27.5 Å². The Labute approximate surface area is 178 Å². The van der Waals surface area contributed by atoms with Crippen molar-refractivity contribution in [3.8, 4) is 5.75 Å². The van der Waals surface area contributed by atoms with Crippen LogP contribution in [0, 0.1) is 23.7 Å². The largest absolute Gasteiger partial charge is 0.602 e. The first-order valence-corrected chi connectivity index (χ1v) is 12.1. The SMILES string of the molecule is COc1cc(C23CC4CC(CC(C4)C2)C3)c2oc(=O)[n+](C3CCCCC3C)cc2c1. The summed E-state index contributed by atoms with van der Waals surface area (Å²) in [5.41, 5.74) is 2.24. The van der Waals surface area contributed by atoms with E-state index >= 15 is 0 Å². The zero-order valence-electron chi connectivity index (χ0n) is 18.4. The molecule has 0 spiro atoms. The lowest BCUT2D eigenvalue weighted by Gasteiger charge is -2.57. The fourth-order valence-electron chi connectivity index (χ4n) is 8.07. The van der Waals surface area contributed by atoms with Gasteiger partial charge in [0, 0.05) is 17.9 Å². The number of benzene rings is 1. The van der Waals surface area contributed by atoms with Gasteiger partial charge in [-0.2, -0.15) is 4.79 Å². The quantitative estimate of drug-likeness (QED) is 0.647. The normalized spacial score (nSPS) is 37.6. The summed E-state index contributed by atoms with van der Waals surface area (Å²) in [5.74, 6) is 3.77. The molecule has 5 aliphatic rings. The van der Waals surface area contributed by atoms with Crippen molar-refractivity contribution in [1.29, 1.82) is 0 Å². The Morgan fingerprint density at radius 1 is 1.03 bits per heavy atom. The summed E-state index contributed by atoms with van der Waals surface area (Å²) in [4.78, 5) is 13.2. The lowest BCUT2D eigenvalue weighted by atomic mass is 9.48. The van der Waals surface area contributed by atoms with Crippen molar-refractivity contribution >= 4 is 11.0 Å². The van der Waals surface area contributed by atoms with Crippen molar-refractivity contribution in [2.45, 2.75) is 82.6 Å². The molecule has 4 bridgehead atoms. The molecular weight excluding hydrogens is 374 g/mol. The number of rotatable bonds is 3. The maximum atomic E-state index is 13.2. The summed E-state index contributed by atoms with van der Waals surface area (Å²) < 4.78 is 13.8. The summed E-state index contributed by atoms with van der Waals surface area (Å²) in [7, 11) is 1.75. The Balaban J connectivity index is 1.51. The molecule has 1 aromatic heterocycles. The maximum Gasteiger partial charge on any atom is 0.602 e. The molecule has 5 aliphatic carbocycles. The molecule has 0 radical (unpaired) electrons. The standard InChI is InChI=1S/C26H34NO3/c1-16-5-3-4-6-23(16)27-15-20-10-21(29-2)11-22(24(20)30-25(27)28)26-12-17-7-18(13-26)9-19(8-17)14-26/h10-11,15-19,23H,3-9,12-14H2,1-2H3/q+1. The van der Waals surface area contributed by atoms with Gasteiger partial charge in [0.25, 0.3) is 0 Å². The van der Waals surface area contributed by atoms with Gasteiger partial charge in [-0.25, -0.2) is 0 Å². The lowest BCUT2D eigenvalue weighted by molar-refractivity contribution is -0.753. The van der Waals surface area contributed by atoms with Crippen LogP contribution in [0.1, 0.15) is 82.7 Å². The van der Waals surface area contributed by atoms with Gasteiger partial charge in [0.05, 0.1) is 12.5 Å². The first-order chi connectivity index (χ1) is 14.5. The Morgan fingerprint density at radius 2 is 1.70 bits per heavy atom. The minimum atomic E-state index is -0.183. The second kappa shape index (κ2) is 6.83. The first-order valence-electron chi connectivity index (χ1n) is 12.1. The van der Waals surface area contributed by atoms with E-state index in [1.165, 1.54) is 63.4 Å². The van der Waals surface area contributed by atoms with E-state index in [0.29, 0.717) is 5.92 Å². The van der Waals surface area contributed by atoms with Crippen LogP contribution in [0.2, 0.25) is 0 Å². The number of hydrogen-bond acceptors (Lipinski definition) is 3. The van der Waals surface area contributed by atoms with Gasteiger partial charge < -0.3 is 9.15 Å². The third kappa shape index (κ3) is 2.85. The number of methoxy groups -OCH3 is 1. The molecule has 0 N–H and O–H groups in total. The van der Waals surface area contributed by atoms with Gasteiger partial charge in [-0.15, -0.1) is 4.57 Å². The number of fused-ring (bicyclic) bond motifs is 1. The predicted molar refractivity (Wildman–Crippen MR) is 116 cm³/mol. The van der Waals surface area contributed by atoms with Crippen LogP contribution in [0.25, 0.3) is 11.0 Å². The Kier molecular flexibility index (Phi) is 4.30. The van der Waals surface area contributed by atoms with Gasteiger partial charge in [0.1, 0.15) is 5.75 Å². The van der Waals surface area contributed by atoms with E-state index < -0.39 is 0 Å². The van der Waals surface area contributed by atoms with Crippen molar-refractivity contribution < 1.29 is 13.7 Å². The van der Waals surface area contributed by atoms with Crippen molar-refractivity contribution in [2.75, 3.05) is 7.11 Å². The summed E-state index contributed by atoms with van der Waals surface area (Å²) in [6.45, 7) is 2.27. The van der Waals surface area contributed by atoms with Gasteiger partial charge in [0.2, 0.25) is 0 Å². The van der Waals surface area contributed by atoms with Crippen LogP contribution < -0.4 is 15.1 Å². The van der Waals surface area contributed by atoms with Crippen LogP contribution in [-0.4, -0.2) is 7.11 Å². The van der Waals surface area contributed by atoms with E-state index in [1.54, 1.807) is 7.11 Å². The number of hydrogen-bond donors (Lipinski definition) is 0. The van der Waals surface area contributed by atoms with Gasteiger partial charge in [-0.3, -0.25) is 0 Å². The van der Waals surface area contributed by atoms with Crippen LogP contribution in [0.4, 0.5) is 0 Å². The molecule has 5 saturated carbocycles. The van der Waals surface area contributed by atoms with Gasteiger partial charge in [0.15, 0.2) is 17.8 Å². The van der Waals surface area contributed by atoms with E-state index in [9.17, 15) is 4.79 Å². The van der Waals surface area contributed by atoms with E-state index in [1.807, 2.05) is 4.57 Å². The van der Waals surface area contributed by atoms with E-state index in [0.717, 1.165) is 40.9 Å². The summed E-state index contributed by atoms with van der Waals surface area (Å²) in [6.07, 6.45) is 14.7. The topological polar surface area (TPSA) is 43.3 Å². The summed E-state index contributed by atoms with van der Waals surface area (Å²) >= 11 is 0. The average Bonchev–Trinajstić information content (AvgIpc) is 2.72. The molecule has 2 unspecified atom stereocenters. The molecule has 160 valence electrons. The molecular formula is C26H34NO3+. The van der Waals surface area contributed by atoms with Crippen LogP contribution >= 0.6 is 0 Å². The molecule has 2 atom stereocenters. The van der Waals surface area contributed by atoms with Crippen LogP contribution in [0.3, 0.4) is 0 Å². The molecule has 1 aromatic carbocycles. The molecule has 0 amide bonds. The zero-order valence-corrected chi connectivity index (χ0v) is 18.4. The molecule has 1 heterocycles.